The first-order valence-corrected chi connectivity index (χ1v) is 6.22. The molecule has 0 unspecified atom stereocenters. The largest absolute Gasteiger partial charge is 0.493 e. The van der Waals surface area contributed by atoms with Crippen LogP contribution in [0.3, 0.4) is 0 Å². The van der Waals surface area contributed by atoms with Gasteiger partial charge in [-0.25, -0.2) is 0 Å². The first-order valence-electron chi connectivity index (χ1n) is 5.84. The lowest BCUT2D eigenvalue weighted by atomic mass is 10.1. The summed E-state index contributed by atoms with van der Waals surface area (Å²) in [6.45, 7) is 5.97. The SMILES string of the molecule is COC(C)(C)CCOc1ccc(Cl)cc1C(C)=O. The molecule has 0 aliphatic heterocycles. The third-order valence-electron chi connectivity index (χ3n) is 2.84. The summed E-state index contributed by atoms with van der Waals surface area (Å²) in [6, 6.07) is 5.06. The molecule has 0 saturated carbocycles. The van der Waals surface area contributed by atoms with Gasteiger partial charge in [0.05, 0.1) is 17.8 Å². The smallest absolute Gasteiger partial charge is 0.163 e. The third kappa shape index (κ3) is 4.31. The molecular weight excluding hydrogens is 252 g/mol. The first kappa shape index (κ1) is 15.0. The summed E-state index contributed by atoms with van der Waals surface area (Å²) in [5.74, 6) is 0.511. The van der Waals surface area contributed by atoms with Gasteiger partial charge in [-0.1, -0.05) is 11.6 Å². The number of hydrogen-bond donors (Lipinski definition) is 0. The maximum Gasteiger partial charge on any atom is 0.163 e. The summed E-state index contributed by atoms with van der Waals surface area (Å²) < 4.78 is 10.9. The van der Waals surface area contributed by atoms with E-state index in [-0.39, 0.29) is 11.4 Å². The Kier molecular flexibility index (Phi) is 5.17. The molecule has 0 atom stereocenters. The number of ether oxygens (including phenoxy) is 2. The number of methoxy groups -OCH3 is 1. The van der Waals surface area contributed by atoms with Crippen molar-refractivity contribution in [3.05, 3.63) is 28.8 Å². The van der Waals surface area contributed by atoms with Crippen LogP contribution in [0.15, 0.2) is 18.2 Å². The van der Waals surface area contributed by atoms with Gasteiger partial charge in [0.1, 0.15) is 5.75 Å². The fourth-order valence-electron chi connectivity index (χ4n) is 1.41. The summed E-state index contributed by atoms with van der Waals surface area (Å²) in [6.07, 6.45) is 0.740. The molecule has 1 aromatic rings. The number of carbonyl (C=O) groups is 1. The fraction of sp³-hybridized carbons (Fsp3) is 0.500. The van der Waals surface area contributed by atoms with Crippen molar-refractivity contribution in [2.45, 2.75) is 32.8 Å². The molecule has 3 nitrogen and oxygen atoms in total. The van der Waals surface area contributed by atoms with E-state index in [0.717, 1.165) is 6.42 Å². The number of Topliss-reactive ketones (excluding diaryl/α,β-unsaturated/α-hetero) is 1. The summed E-state index contributed by atoms with van der Waals surface area (Å²) in [5, 5.41) is 0.532. The normalized spacial score (nSPS) is 11.4. The van der Waals surface area contributed by atoms with Crippen LogP contribution in [-0.2, 0) is 4.74 Å². The highest BCUT2D eigenvalue weighted by Crippen LogP contribution is 2.24. The molecule has 0 amide bonds. The zero-order valence-electron chi connectivity index (χ0n) is 11.2. The molecule has 100 valence electrons. The van der Waals surface area contributed by atoms with Gasteiger partial charge >= 0.3 is 0 Å². The van der Waals surface area contributed by atoms with Gasteiger partial charge < -0.3 is 9.47 Å². The van der Waals surface area contributed by atoms with E-state index in [0.29, 0.717) is 22.9 Å². The van der Waals surface area contributed by atoms with Crippen LogP contribution in [-0.4, -0.2) is 25.1 Å². The van der Waals surface area contributed by atoms with Crippen LogP contribution in [0.25, 0.3) is 0 Å². The van der Waals surface area contributed by atoms with Crippen molar-refractivity contribution in [2.24, 2.45) is 0 Å². The summed E-state index contributed by atoms with van der Waals surface area (Å²) in [4.78, 5) is 11.5. The fourth-order valence-corrected chi connectivity index (χ4v) is 1.58. The Morgan fingerprint density at radius 3 is 2.61 bits per heavy atom. The van der Waals surface area contributed by atoms with Gasteiger partial charge in [-0.05, 0) is 39.0 Å². The van der Waals surface area contributed by atoms with E-state index >= 15 is 0 Å². The Morgan fingerprint density at radius 2 is 2.06 bits per heavy atom. The van der Waals surface area contributed by atoms with Crippen molar-refractivity contribution in [3.63, 3.8) is 0 Å². The molecule has 4 heteroatoms. The Bertz CT molecular complexity index is 427. The molecule has 0 aromatic heterocycles. The van der Waals surface area contributed by atoms with Gasteiger partial charge in [-0.2, -0.15) is 0 Å². The van der Waals surface area contributed by atoms with Crippen LogP contribution in [0.4, 0.5) is 0 Å². The van der Waals surface area contributed by atoms with Gasteiger partial charge in [0, 0.05) is 18.6 Å². The Balaban J connectivity index is 2.70. The van der Waals surface area contributed by atoms with Crippen molar-refractivity contribution in [1.29, 1.82) is 0 Å². The minimum Gasteiger partial charge on any atom is -0.493 e. The van der Waals surface area contributed by atoms with Crippen molar-refractivity contribution in [1.82, 2.24) is 0 Å². The van der Waals surface area contributed by atoms with Crippen LogP contribution in [0.2, 0.25) is 5.02 Å². The molecular formula is C14H19ClO3. The number of hydrogen-bond acceptors (Lipinski definition) is 3. The van der Waals surface area contributed by atoms with Crippen molar-refractivity contribution in [3.8, 4) is 5.75 Å². The molecule has 0 bridgehead atoms. The molecule has 0 spiro atoms. The number of ketones is 1. The quantitative estimate of drug-likeness (QED) is 0.739. The lowest BCUT2D eigenvalue weighted by molar-refractivity contribution is 0.00542. The highest BCUT2D eigenvalue weighted by Gasteiger charge is 2.17. The summed E-state index contributed by atoms with van der Waals surface area (Å²) >= 11 is 5.86. The summed E-state index contributed by atoms with van der Waals surface area (Å²) in [5.41, 5.74) is 0.278. The average molecular weight is 271 g/mol. The van der Waals surface area contributed by atoms with Crippen molar-refractivity contribution < 1.29 is 14.3 Å². The predicted molar refractivity (Wildman–Crippen MR) is 72.7 cm³/mol. The van der Waals surface area contributed by atoms with Gasteiger partial charge in [-0.3, -0.25) is 4.79 Å². The third-order valence-corrected chi connectivity index (χ3v) is 3.07. The van der Waals surface area contributed by atoms with Crippen LogP contribution < -0.4 is 4.74 Å². The molecule has 18 heavy (non-hydrogen) atoms. The molecule has 0 saturated heterocycles. The lowest BCUT2D eigenvalue weighted by Crippen LogP contribution is -2.25. The molecule has 0 aliphatic rings. The van der Waals surface area contributed by atoms with Crippen LogP contribution in [0.1, 0.15) is 37.6 Å². The standard InChI is InChI=1S/C14H19ClO3/c1-10(16)12-9-11(15)5-6-13(12)18-8-7-14(2,3)17-4/h5-6,9H,7-8H2,1-4H3. The van der Waals surface area contributed by atoms with Gasteiger partial charge in [0.2, 0.25) is 0 Å². The maximum absolute atomic E-state index is 11.5. The Hall–Kier alpha value is -1.06. The second-order valence-corrected chi connectivity index (χ2v) is 5.20. The number of benzene rings is 1. The first-order chi connectivity index (χ1) is 8.35. The highest BCUT2D eigenvalue weighted by molar-refractivity contribution is 6.31. The molecule has 0 radical (unpaired) electrons. The van der Waals surface area contributed by atoms with Gasteiger partial charge in [0.15, 0.2) is 5.78 Å². The Labute approximate surface area is 113 Å². The van der Waals surface area contributed by atoms with E-state index < -0.39 is 0 Å². The Morgan fingerprint density at radius 1 is 1.39 bits per heavy atom. The highest BCUT2D eigenvalue weighted by atomic mass is 35.5. The molecule has 0 aliphatic carbocycles. The topological polar surface area (TPSA) is 35.5 Å². The monoisotopic (exact) mass is 270 g/mol. The minimum atomic E-state index is -0.233. The zero-order chi connectivity index (χ0) is 13.8. The molecule has 0 heterocycles. The molecule has 1 rings (SSSR count). The van der Waals surface area contributed by atoms with Crippen molar-refractivity contribution >= 4 is 17.4 Å². The van der Waals surface area contributed by atoms with E-state index in [9.17, 15) is 4.79 Å². The zero-order valence-corrected chi connectivity index (χ0v) is 12.0. The minimum absolute atomic E-state index is 0.0569. The maximum atomic E-state index is 11.5. The van der Waals surface area contributed by atoms with Gasteiger partial charge in [-0.15, -0.1) is 0 Å². The molecule has 1 aromatic carbocycles. The average Bonchev–Trinajstić information content (AvgIpc) is 2.30. The molecule has 0 N–H and O–H groups in total. The second kappa shape index (κ2) is 6.21. The van der Waals surface area contributed by atoms with Crippen LogP contribution in [0.5, 0.6) is 5.75 Å². The van der Waals surface area contributed by atoms with E-state index in [4.69, 9.17) is 21.1 Å². The second-order valence-electron chi connectivity index (χ2n) is 4.76. The molecule has 0 fully saturated rings. The van der Waals surface area contributed by atoms with Gasteiger partial charge in [0.25, 0.3) is 0 Å². The number of halogens is 1. The lowest BCUT2D eigenvalue weighted by Gasteiger charge is -2.23. The predicted octanol–water partition coefficient (Wildman–Crippen LogP) is 3.74. The van der Waals surface area contributed by atoms with Crippen LogP contribution in [0, 0.1) is 0 Å². The van der Waals surface area contributed by atoms with Crippen LogP contribution >= 0.6 is 11.6 Å². The van der Waals surface area contributed by atoms with E-state index in [1.807, 2.05) is 13.8 Å². The van der Waals surface area contributed by atoms with Crippen molar-refractivity contribution in [2.75, 3.05) is 13.7 Å². The van der Waals surface area contributed by atoms with E-state index in [2.05, 4.69) is 0 Å². The summed E-state index contributed by atoms with van der Waals surface area (Å²) in [7, 11) is 1.67. The van der Waals surface area contributed by atoms with E-state index in [1.165, 1.54) is 6.92 Å². The number of rotatable bonds is 6. The van der Waals surface area contributed by atoms with E-state index in [1.54, 1.807) is 25.3 Å². The number of carbonyl (C=O) groups excluding carboxylic acids is 1.